The van der Waals surface area contributed by atoms with Gasteiger partial charge in [0.2, 0.25) is 5.91 Å². The van der Waals surface area contributed by atoms with Gasteiger partial charge in [0.15, 0.2) is 0 Å². The van der Waals surface area contributed by atoms with Crippen LogP contribution >= 0.6 is 34.5 Å². The van der Waals surface area contributed by atoms with Gasteiger partial charge in [-0.1, -0.05) is 60.7 Å². The number of hydrogen-bond acceptors (Lipinski definition) is 5. The van der Waals surface area contributed by atoms with E-state index in [1.165, 1.54) is 17.4 Å². The minimum absolute atomic E-state index is 0.00894. The quantitative estimate of drug-likeness (QED) is 0.409. The smallest absolute Gasteiger partial charge is 0.268 e. The number of nitrogens with one attached hydrogen (secondary N) is 1. The number of halogens is 3. The highest BCUT2D eigenvalue weighted by Crippen LogP contribution is 2.69. The van der Waals surface area contributed by atoms with Crippen molar-refractivity contribution in [3.8, 4) is 0 Å². The summed E-state index contributed by atoms with van der Waals surface area (Å²) in [4.78, 5) is 33.2. The number of benzene rings is 2. The molecule has 2 amide bonds. The van der Waals surface area contributed by atoms with E-state index in [0.29, 0.717) is 21.3 Å². The number of carbonyl (C=O) groups excluding carboxylic acids is 2. The average Bonchev–Trinajstić information content (AvgIpc) is 3.52. The molecule has 3 aromatic rings. The molecule has 2 aliphatic heterocycles. The first kappa shape index (κ1) is 24.8. The average molecular weight is 559 g/mol. The maximum Gasteiger partial charge on any atom is 0.268 e. The van der Waals surface area contributed by atoms with Crippen molar-refractivity contribution in [3.63, 3.8) is 0 Å². The van der Waals surface area contributed by atoms with Crippen molar-refractivity contribution in [3.05, 3.63) is 79.5 Å². The normalized spacial score (nSPS) is 26.5. The summed E-state index contributed by atoms with van der Waals surface area (Å²) in [6.45, 7) is 0. The van der Waals surface area contributed by atoms with Crippen molar-refractivity contribution < 1.29 is 14.0 Å². The third-order valence-corrected chi connectivity index (χ3v) is 10.1. The number of carbonyl (C=O) groups is 2. The molecule has 6 rings (SSSR count). The van der Waals surface area contributed by atoms with E-state index in [1.54, 1.807) is 29.6 Å². The molecule has 1 saturated carbocycles. The number of likely N-dealkylation sites (tertiary alicyclic amines) is 1. The van der Waals surface area contributed by atoms with Crippen LogP contribution in [0.2, 0.25) is 10.0 Å². The molecule has 3 heterocycles. The first-order valence-corrected chi connectivity index (χ1v) is 13.9. The maximum absolute atomic E-state index is 16.0. The highest BCUT2D eigenvalue weighted by molar-refractivity contribution is 7.10. The van der Waals surface area contributed by atoms with Crippen LogP contribution in [0, 0.1) is 5.82 Å². The number of primary amides is 1. The Labute approximate surface area is 228 Å². The molecule has 0 bridgehead atoms. The van der Waals surface area contributed by atoms with Crippen LogP contribution < -0.4 is 11.1 Å². The van der Waals surface area contributed by atoms with E-state index in [9.17, 15) is 9.59 Å². The van der Waals surface area contributed by atoms with Gasteiger partial charge in [-0.15, -0.1) is 11.3 Å². The molecule has 192 valence electrons. The summed E-state index contributed by atoms with van der Waals surface area (Å²) in [7, 11) is 1.99. The molecular weight excluding hydrogens is 534 g/mol. The summed E-state index contributed by atoms with van der Waals surface area (Å²) in [6.07, 6.45) is 4.43. The molecule has 3 N–H and O–H groups in total. The van der Waals surface area contributed by atoms with Gasteiger partial charge in [-0.05, 0) is 49.2 Å². The first-order chi connectivity index (χ1) is 17.7. The van der Waals surface area contributed by atoms with E-state index in [0.717, 1.165) is 37.7 Å². The molecule has 1 aliphatic carbocycles. The number of likely N-dealkylation sites (N-methyl/N-ethyl adjacent to an activating group) is 1. The van der Waals surface area contributed by atoms with Crippen molar-refractivity contribution in [2.75, 3.05) is 12.4 Å². The second kappa shape index (κ2) is 8.76. The Hall–Kier alpha value is -2.52. The topological polar surface area (TPSA) is 88.3 Å². The lowest BCUT2D eigenvalue weighted by molar-refractivity contribution is -0.125. The lowest BCUT2D eigenvalue weighted by atomic mass is 9.55. The molecule has 2 aromatic carbocycles. The number of amides is 2. The SMILES string of the molecule is CN1[C@@H](c2nc(C(N)=O)cs2)[C@H](c2cccc(Cl)c2F)[C@]2(C(=O)Nc3cc(Cl)ccc32)C12CCCCC2. The molecule has 3 aliphatic rings. The summed E-state index contributed by atoms with van der Waals surface area (Å²) in [6, 6.07) is 9.86. The van der Waals surface area contributed by atoms with Crippen LogP contribution in [0.5, 0.6) is 0 Å². The van der Waals surface area contributed by atoms with Gasteiger partial charge in [0.1, 0.15) is 21.9 Å². The second-order valence-corrected chi connectivity index (χ2v) is 11.9. The van der Waals surface area contributed by atoms with Crippen molar-refractivity contribution in [1.29, 1.82) is 0 Å². The molecule has 1 saturated heterocycles. The maximum atomic E-state index is 16.0. The predicted octanol–water partition coefficient (Wildman–Crippen LogP) is 6.05. The van der Waals surface area contributed by atoms with E-state index >= 15 is 4.39 Å². The van der Waals surface area contributed by atoms with Crippen LogP contribution in [0.25, 0.3) is 0 Å². The Balaban J connectivity index is 1.71. The Kier molecular flexibility index (Phi) is 5.87. The zero-order valence-electron chi connectivity index (χ0n) is 20.1. The standard InChI is InChI=1S/C27H25Cl2FN4O2S/c1-34-22(24-32-19(13-37-24)23(31)35)20(15-6-5-7-17(29)21(15)30)27(26(34)10-3-2-4-11-26)16-9-8-14(28)12-18(16)33-25(27)36/h5-9,12-13,20,22H,2-4,10-11H2,1H3,(H2,31,35)(H,33,36)/t20-,22+,27+/m0/s1. The van der Waals surface area contributed by atoms with E-state index in [-0.39, 0.29) is 16.6 Å². The number of aromatic nitrogens is 1. The zero-order valence-corrected chi connectivity index (χ0v) is 22.4. The largest absolute Gasteiger partial charge is 0.364 e. The number of anilines is 1. The second-order valence-electron chi connectivity index (χ2n) is 10.2. The van der Waals surface area contributed by atoms with Gasteiger partial charge in [0, 0.05) is 27.5 Å². The number of thiazole rings is 1. The minimum atomic E-state index is -1.14. The predicted molar refractivity (Wildman–Crippen MR) is 143 cm³/mol. The van der Waals surface area contributed by atoms with Gasteiger partial charge < -0.3 is 11.1 Å². The molecule has 2 fully saturated rings. The van der Waals surface area contributed by atoms with Gasteiger partial charge in [-0.25, -0.2) is 9.37 Å². The van der Waals surface area contributed by atoms with Crippen molar-refractivity contribution in [1.82, 2.24) is 9.88 Å². The molecule has 6 nitrogen and oxygen atoms in total. The van der Waals surface area contributed by atoms with E-state index < -0.39 is 34.6 Å². The lowest BCUT2D eigenvalue weighted by Gasteiger charge is -2.50. The highest BCUT2D eigenvalue weighted by Gasteiger charge is 2.74. The van der Waals surface area contributed by atoms with Crippen LogP contribution in [-0.4, -0.2) is 34.3 Å². The van der Waals surface area contributed by atoms with Gasteiger partial charge >= 0.3 is 0 Å². The van der Waals surface area contributed by atoms with Crippen molar-refractivity contribution >= 4 is 52.0 Å². The lowest BCUT2D eigenvalue weighted by Crippen LogP contribution is -2.60. The number of rotatable bonds is 3. The Morgan fingerprint density at radius 2 is 1.97 bits per heavy atom. The van der Waals surface area contributed by atoms with Crippen molar-refractivity contribution in [2.24, 2.45) is 5.73 Å². The van der Waals surface area contributed by atoms with Crippen LogP contribution in [0.4, 0.5) is 10.1 Å². The van der Waals surface area contributed by atoms with Crippen molar-refractivity contribution in [2.45, 2.75) is 55.0 Å². The third kappa shape index (κ3) is 3.29. The Morgan fingerprint density at radius 3 is 2.68 bits per heavy atom. The van der Waals surface area contributed by atoms with Crippen LogP contribution in [-0.2, 0) is 10.2 Å². The first-order valence-electron chi connectivity index (χ1n) is 12.3. The number of nitrogens with zero attached hydrogens (tertiary/aromatic N) is 2. The molecule has 37 heavy (non-hydrogen) atoms. The van der Waals surface area contributed by atoms with Crippen LogP contribution in [0.1, 0.15) is 70.7 Å². The fraction of sp³-hybridized carbons (Fsp3) is 0.370. The molecule has 2 spiro atoms. The van der Waals surface area contributed by atoms with Gasteiger partial charge in [-0.2, -0.15) is 0 Å². The summed E-state index contributed by atoms with van der Waals surface area (Å²) < 4.78 is 16.0. The molecule has 3 atom stereocenters. The van der Waals surface area contributed by atoms with Crippen LogP contribution in [0.15, 0.2) is 41.8 Å². The van der Waals surface area contributed by atoms with Gasteiger partial charge in [0.25, 0.3) is 5.91 Å². The summed E-state index contributed by atoms with van der Waals surface area (Å²) >= 11 is 14.0. The third-order valence-electron chi connectivity index (χ3n) is 8.65. The fourth-order valence-corrected chi connectivity index (χ4v) is 8.60. The minimum Gasteiger partial charge on any atom is -0.364 e. The zero-order chi connectivity index (χ0) is 26.1. The van der Waals surface area contributed by atoms with Gasteiger partial charge in [0.05, 0.1) is 11.1 Å². The Bertz CT molecular complexity index is 1440. The monoisotopic (exact) mass is 558 g/mol. The van der Waals surface area contributed by atoms with E-state index in [4.69, 9.17) is 28.9 Å². The summed E-state index contributed by atoms with van der Waals surface area (Å²) in [5, 5.41) is 5.83. The summed E-state index contributed by atoms with van der Waals surface area (Å²) in [5.41, 5.74) is 5.71. The molecule has 0 radical (unpaired) electrons. The number of fused-ring (bicyclic) bond motifs is 3. The number of nitrogens with two attached hydrogens (primary N) is 1. The number of hydrogen-bond donors (Lipinski definition) is 2. The molecule has 1 aromatic heterocycles. The van der Waals surface area contributed by atoms with Gasteiger partial charge in [-0.3, -0.25) is 14.5 Å². The highest BCUT2D eigenvalue weighted by atomic mass is 35.5. The fourth-order valence-electron chi connectivity index (χ4n) is 7.26. The van der Waals surface area contributed by atoms with E-state index in [2.05, 4.69) is 15.2 Å². The van der Waals surface area contributed by atoms with E-state index in [1.807, 2.05) is 13.1 Å². The molecule has 10 heteroatoms. The molecular formula is C27H25Cl2FN4O2S. The van der Waals surface area contributed by atoms with Crippen LogP contribution in [0.3, 0.4) is 0 Å². The Morgan fingerprint density at radius 1 is 1.22 bits per heavy atom. The summed E-state index contributed by atoms with van der Waals surface area (Å²) in [5.74, 6) is -2.04. The molecule has 0 unspecified atom stereocenters.